The van der Waals surface area contributed by atoms with Crippen LogP contribution in [0.3, 0.4) is 0 Å². The second-order valence-corrected chi connectivity index (χ2v) is 9.54. The Balaban J connectivity index is 0.00000102. The number of hydrogen-bond donors (Lipinski definition) is 1. The van der Waals surface area contributed by atoms with Crippen molar-refractivity contribution in [2.24, 2.45) is 7.05 Å². The number of carbonyl (C=O) groups excluding carboxylic acids is 1. The van der Waals surface area contributed by atoms with Crippen LogP contribution in [0.25, 0.3) is 28.0 Å². The molecule has 0 saturated carbocycles. The average Bonchev–Trinajstić information content (AvgIpc) is 3.63. The number of pyridine rings is 1. The van der Waals surface area contributed by atoms with Crippen LogP contribution in [0.5, 0.6) is 0 Å². The molecule has 5 aromatic heterocycles. The Morgan fingerprint density at radius 3 is 2.43 bits per heavy atom. The Bertz CT molecular complexity index is 1490. The van der Waals surface area contributed by atoms with Crippen molar-refractivity contribution in [1.82, 2.24) is 54.9 Å². The molecule has 0 atom stereocenters. The number of aromatic nitrogens is 10. The van der Waals surface area contributed by atoms with Crippen LogP contribution >= 0.6 is 0 Å². The summed E-state index contributed by atoms with van der Waals surface area (Å²) in [5, 5.41) is 23.3. The standard InChI is InChI=1S/C22H23N11O.C3H8/c1-22(2,3)33-29-20(28-30-33)21(34)24-11-16-6-5-14(9-23-16)19-18-7-8-25-32(18)13-17(27-19)15-10-26-31(4)12-15;1-3-2/h5-10,12-13H,11H2,1-4H3,(H,24,34);3H2,1-2H3. The summed E-state index contributed by atoms with van der Waals surface area (Å²) in [7, 11) is 1.86. The van der Waals surface area contributed by atoms with Gasteiger partial charge in [-0.2, -0.15) is 15.0 Å². The third kappa shape index (κ3) is 5.85. The fraction of sp³-hybridized carbons (Fsp3) is 0.360. The van der Waals surface area contributed by atoms with E-state index in [1.807, 2.05) is 58.4 Å². The van der Waals surface area contributed by atoms with Crippen LogP contribution in [0.1, 0.15) is 57.4 Å². The molecule has 0 radical (unpaired) electrons. The molecular weight excluding hydrogens is 470 g/mol. The lowest BCUT2D eigenvalue weighted by molar-refractivity contribution is 0.0939. The molecule has 0 fully saturated rings. The maximum atomic E-state index is 12.4. The summed E-state index contributed by atoms with van der Waals surface area (Å²) >= 11 is 0. The number of carbonyl (C=O) groups is 1. The topological polar surface area (TPSA) is 134 Å². The minimum Gasteiger partial charge on any atom is -0.344 e. The quantitative estimate of drug-likeness (QED) is 0.388. The lowest BCUT2D eigenvalue weighted by atomic mass is 10.1. The maximum absolute atomic E-state index is 12.4. The predicted molar refractivity (Wildman–Crippen MR) is 138 cm³/mol. The van der Waals surface area contributed by atoms with Crippen molar-refractivity contribution >= 4 is 11.4 Å². The molecular formula is C25H31N11O. The van der Waals surface area contributed by atoms with Crippen LogP contribution in [0.2, 0.25) is 0 Å². The first-order valence-corrected chi connectivity index (χ1v) is 12.1. The monoisotopic (exact) mass is 501 g/mol. The highest BCUT2D eigenvalue weighted by atomic mass is 16.2. The number of hydrogen-bond acceptors (Lipinski definition) is 8. The van der Waals surface area contributed by atoms with E-state index in [1.165, 1.54) is 11.2 Å². The molecule has 0 aliphatic rings. The van der Waals surface area contributed by atoms with Gasteiger partial charge in [-0.3, -0.25) is 14.5 Å². The van der Waals surface area contributed by atoms with Crippen LogP contribution in [-0.4, -0.2) is 55.5 Å². The van der Waals surface area contributed by atoms with E-state index < -0.39 is 5.91 Å². The predicted octanol–water partition coefficient (Wildman–Crippen LogP) is 3.28. The lowest BCUT2D eigenvalue weighted by Gasteiger charge is -2.15. The molecule has 0 spiro atoms. The minimum atomic E-state index is -0.409. The minimum absolute atomic E-state index is 0.0195. The molecule has 0 unspecified atom stereocenters. The van der Waals surface area contributed by atoms with Gasteiger partial charge in [-0.05, 0) is 44.2 Å². The van der Waals surface area contributed by atoms with Crippen molar-refractivity contribution in [2.45, 2.75) is 53.1 Å². The average molecular weight is 502 g/mol. The number of rotatable bonds is 5. The first-order chi connectivity index (χ1) is 17.7. The third-order valence-corrected chi connectivity index (χ3v) is 5.14. The van der Waals surface area contributed by atoms with Crippen LogP contribution in [-0.2, 0) is 19.1 Å². The number of nitrogens with one attached hydrogen (secondary N) is 1. The van der Waals surface area contributed by atoms with Crippen LogP contribution in [0.4, 0.5) is 0 Å². The zero-order valence-electron chi connectivity index (χ0n) is 21.9. The van der Waals surface area contributed by atoms with Gasteiger partial charge in [-0.15, -0.1) is 10.2 Å². The number of tetrazole rings is 1. The molecule has 12 heteroatoms. The molecule has 5 heterocycles. The highest BCUT2D eigenvalue weighted by Gasteiger charge is 2.20. The summed E-state index contributed by atoms with van der Waals surface area (Å²) in [5.41, 5.74) is 4.44. The SMILES string of the molecule is CCC.Cn1cc(-c2cn3nccc3c(-c3ccc(CNC(=O)c4nnn(C(C)(C)C)n4)nc3)n2)cn1. The highest BCUT2D eigenvalue weighted by molar-refractivity contribution is 5.90. The van der Waals surface area contributed by atoms with Crippen molar-refractivity contribution < 1.29 is 4.79 Å². The Kier molecular flexibility index (Phi) is 7.37. The first kappa shape index (κ1) is 25.6. The Hall–Kier alpha value is -4.48. The molecule has 1 amide bonds. The molecule has 12 nitrogen and oxygen atoms in total. The number of amides is 1. The summed E-state index contributed by atoms with van der Waals surface area (Å²) in [6.45, 7) is 10.3. The van der Waals surface area contributed by atoms with Crippen molar-refractivity contribution in [1.29, 1.82) is 0 Å². The zero-order valence-corrected chi connectivity index (χ0v) is 21.9. The van der Waals surface area contributed by atoms with E-state index >= 15 is 0 Å². The summed E-state index contributed by atoms with van der Waals surface area (Å²) in [6, 6.07) is 5.67. The van der Waals surface area contributed by atoms with Crippen molar-refractivity contribution in [3.8, 4) is 22.5 Å². The molecule has 5 rings (SSSR count). The maximum Gasteiger partial charge on any atom is 0.293 e. The zero-order chi connectivity index (χ0) is 26.6. The van der Waals surface area contributed by atoms with Gasteiger partial charge in [0.2, 0.25) is 0 Å². The smallest absolute Gasteiger partial charge is 0.293 e. The second kappa shape index (κ2) is 10.6. The third-order valence-electron chi connectivity index (χ3n) is 5.14. The van der Waals surface area contributed by atoms with Crippen LogP contribution in [0.15, 0.2) is 49.2 Å². The number of nitrogens with zero attached hydrogens (tertiary/aromatic N) is 10. The molecule has 37 heavy (non-hydrogen) atoms. The van der Waals surface area contributed by atoms with Crippen LogP contribution in [0, 0.1) is 0 Å². The molecule has 192 valence electrons. The molecule has 0 aliphatic carbocycles. The highest BCUT2D eigenvalue weighted by Crippen LogP contribution is 2.26. The Morgan fingerprint density at radius 1 is 1.03 bits per heavy atom. The van der Waals surface area contributed by atoms with Crippen molar-refractivity contribution in [2.75, 3.05) is 0 Å². The van der Waals surface area contributed by atoms with Gasteiger partial charge < -0.3 is 5.32 Å². The normalized spacial score (nSPS) is 11.3. The molecule has 0 aromatic carbocycles. The number of aryl methyl sites for hydroxylation is 1. The van der Waals surface area contributed by atoms with Gasteiger partial charge in [-0.25, -0.2) is 9.50 Å². The fourth-order valence-corrected chi connectivity index (χ4v) is 3.34. The van der Waals surface area contributed by atoms with E-state index in [4.69, 9.17) is 4.98 Å². The van der Waals surface area contributed by atoms with E-state index in [9.17, 15) is 4.79 Å². The molecule has 5 aromatic rings. The van der Waals surface area contributed by atoms with E-state index in [0.29, 0.717) is 5.69 Å². The van der Waals surface area contributed by atoms with E-state index in [-0.39, 0.29) is 17.9 Å². The van der Waals surface area contributed by atoms with Gasteiger partial charge in [0, 0.05) is 30.6 Å². The van der Waals surface area contributed by atoms with Gasteiger partial charge in [0.25, 0.3) is 11.7 Å². The molecule has 1 N–H and O–H groups in total. The van der Waals surface area contributed by atoms with E-state index in [2.05, 4.69) is 49.8 Å². The van der Waals surface area contributed by atoms with Crippen molar-refractivity contribution in [3.05, 3.63) is 60.7 Å². The van der Waals surface area contributed by atoms with E-state index in [0.717, 1.165) is 28.0 Å². The van der Waals surface area contributed by atoms with Gasteiger partial charge in [0.15, 0.2) is 0 Å². The Morgan fingerprint density at radius 2 is 1.81 bits per heavy atom. The summed E-state index contributed by atoms with van der Waals surface area (Å²) in [5.74, 6) is -0.390. The Labute approximate surface area is 214 Å². The molecule has 0 aliphatic heterocycles. The summed E-state index contributed by atoms with van der Waals surface area (Å²) in [4.78, 5) is 23.2. The summed E-state index contributed by atoms with van der Waals surface area (Å²) in [6.07, 6.45) is 10.3. The second-order valence-electron chi connectivity index (χ2n) is 9.54. The molecule has 0 saturated heterocycles. The lowest BCUT2D eigenvalue weighted by Crippen LogP contribution is -2.27. The van der Waals surface area contributed by atoms with Gasteiger partial charge in [0.05, 0.1) is 53.3 Å². The van der Waals surface area contributed by atoms with Gasteiger partial charge in [0.1, 0.15) is 0 Å². The summed E-state index contributed by atoms with van der Waals surface area (Å²) < 4.78 is 3.52. The van der Waals surface area contributed by atoms with E-state index in [1.54, 1.807) is 27.8 Å². The first-order valence-electron chi connectivity index (χ1n) is 12.1. The number of fused-ring (bicyclic) bond motifs is 1. The fourth-order valence-electron chi connectivity index (χ4n) is 3.34. The largest absolute Gasteiger partial charge is 0.344 e. The van der Waals surface area contributed by atoms with Crippen molar-refractivity contribution in [3.63, 3.8) is 0 Å². The van der Waals surface area contributed by atoms with Gasteiger partial charge >= 0.3 is 0 Å². The molecule has 0 bridgehead atoms. The van der Waals surface area contributed by atoms with Crippen LogP contribution < -0.4 is 5.32 Å². The van der Waals surface area contributed by atoms with Gasteiger partial charge in [-0.1, -0.05) is 20.3 Å².